The summed E-state index contributed by atoms with van der Waals surface area (Å²) in [5.41, 5.74) is -0.0748. The number of aromatic carboxylic acids is 1. The number of anilines is 1. The van der Waals surface area contributed by atoms with Gasteiger partial charge in [0, 0.05) is 6.20 Å². The first-order valence-electron chi connectivity index (χ1n) is 5.36. The van der Waals surface area contributed by atoms with Gasteiger partial charge in [-0.1, -0.05) is 23.7 Å². The first kappa shape index (κ1) is 14.3. The standard InChI is InChI=1S/C12H9ClN2O4S/c13-10-3-1-2-4-11(10)20(18,19)15-9-5-8(12(16)17)6-14-7-9/h1-7,15H,(H,16,17). The Morgan fingerprint density at radius 2 is 1.95 bits per heavy atom. The summed E-state index contributed by atoms with van der Waals surface area (Å²) in [5.74, 6) is -1.20. The summed E-state index contributed by atoms with van der Waals surface area (Å²) >= 11 is 5.83. The first-order chi connectivity index (χ1) is 9.40. The Kier molecular flexibility index (Phi) is 3.91. The smallest absolute Gasteiger partial charge is 0.337 e. The molecule has 20 heavy (non-hydrogen) atoms. The molecule has 0 amide bonds. The number of carboxylic acids is 1. The number of benzene rings is 1. The maximum absolute atomic E-state index is 12.1. The Balaban J connectivity index is 2.36. The van der Waals surface area contributed by atoms with Crippen LogP contribution in [0, 0.1) is 0 Å². The van der Waals surface area contributed by atoms with Gasteiger partial charge in [-0.05, 0) is 18.2 Å². The van der Waals surface area contributed by atoms with Crippen molar-refractivity contribution in [2.45, 2.75) is 4.90 Å². The molecule has 0 aliphatic rings. The lowest BCUT2D eigenvalue weighted by molar-refractivity contribution is 0.0696. The molecule has 0 radical (unpaired) electrons. The van der Waals surface area contributed by atoms with E-state index in [-0.39, 0.29) is 21.2 Å². The van der Waals surface area contributed by atoms with Crippen LogP contribution >= 0.6 is 11.6 Å². The number of nitrogens with one attached hydrogen (secondary N) is 1. The Hall–Kier alpha value is -2.12. The molecule has 0 aliphatic carbocycles. The molecule has 0 spiro atoms. The number of rotatable bonds is 4. The van der Waals surface area contributed by atoms with E-state index in [0.717, 1.165) is 6.20 Å². The number of nitrogens with zero attached hydrogens (tertiary/aromatic N) is 1. The highest BCUT2D eigenvalue weighted by Crippen LogP contribution is 2.23. The van der Waals surface area contributed by atoms with Crippen molar-refractivity contribution >= 4 is 33.3 Å². The number of pyridine rings is 1. The molecule has 1 heterocycles. The molecule has 8 heteroatoms. The zero-order valence-electron chi connectivity index (χ0n) is 9.95. The van der Waals surface area contributed by atoms with Crippen molar-refractivity contribution in [3.8, 4) is 0 Å². The summed E-state index contributed by atoms with van der Waals surface area (Å²) in [7, 11) is -3.90. The number of sulfonamides is 1. The summed E-state index contributed by atoms with van der Waals surface area (Å²) in [6.45, 7) is 0. The van der Waals surface area contributed by atoms with E-state index in [4.69, 9.17) is 16.7 Å². The van der Waals surface area contributed by atoms with Crippen LogP contribution in [0.5, 0.6) is 0 Å². The van der Waals surface area contributed by atoms with Gasteiger partial charge in [0.25, 0.3) is 10.0 Å². The van der Waals surface area contributed by atoms with Crippen LogP contribution in [-0.4, -0.2) is 24.5 Å². The van der Waals surface area contributed by atoms with E-state index in [0.29, 0.717) is 0 Å². The molecule has 0 saturated carbocycles. The van der Waals surface area contributed by atoms with Gasteiger partial charge >= 0.3 is 5.97 Å². The molecule has 0 saturated heterocycles. The monoisotopic (exact) mass is 312 g/mol. The number of hydrogen-bond donors (Lipinski definition) is 2. The molecule has 2 aromatic rings. The van der Waals surface area contributed by atoms with Crippen molar-refractivity contribution in [1.82, 2.24) is 4.98 Å². The van der Waals surface area contributed by atoms with E-state index >= 15 is 0 Å². The van der Waals surface area contributed by atoms with Gasteiger partial charge in [0.15, 0.2) is 0 Å². The molecule has 6 nitrogen and oxygen atoms in total. The van der Waals surface area contributed by atoms with Gasteiger partial charge < -0.3 is 5.11 Å². The number of hydrogen-bond acceptors (Lipinski definition) is 4. The van der Waals surface area contributed by atoms with Crippen molar-refractivity contribution in [2.24, 2.45) is 0 Å². The molecule has 1 aromatic heterocycles. The number of carboxylic acid groups (broad SMARTS) is 1. The second-order valence-corrected chi connectivity index (χ2v) is 5.86. The minimum atomic E-state index is -3.90. The van der Waals surface area contributed by atoms with E-state index < -0.39 is 16.0 Å². The lowest BCUT2D eigenvalue weighted by Gasteiger charge is -2.09. The molecule has 0 atom stereocenters. The summed E-state index contributed by atoms with van der Waals surface area (Å²) in [6.07, 6.45) is 2.33. The van der Waals surface area contributed by atoms with E-state index in [1.807, 2.05) is 0 Å². The lowest BCUT2D eigenvalue weighted by atomic mass is 10.3. The number of halogens is 1. The van der Waals surface area contributed by atoms with Crippen molar-refractivity contribution in [2.75, 3.05) is 4.72 Å². The van der Waals surface area contributed by atoms with Gasteiger partial charge in [0.1, 0.15) is 4.90 Å². The molecule has 0 bridgehead atoms. The van der Waals surface area contributed by atoms with Gasteiger partial charge in [0.05, 0.1) is 22.5 Å². The lowest BCUT2D eigenvalue weighted by Crippen LogP contribution is -2.14. The maximum atomic E-state index is 12.1. The fourth-order valence-electron chi connectivity index (χ4n) is 1.49. The largest absolute Gasteiger partial charge is 0.478 e. The van der Waals surface area contributed by atoms with E-state index in [9.17, 15) is 13.2 Å². The van der Waals surface area contributed by atoms with Crippen molar-refractivity contribution in [1.29, 1.82) is 0 Å². The number of aromatic nitrogens is 1. The molecule has 104 valence electrons. The van der Waals surface area contributed by atoms with Crippen LogP contribution in [0.15, 0.2) is 47.6 Å². The van der Waals surface area contributed by atoms with Crippen LogP contribution in [0.2, 0.25) is 5.02 Å². The average Bonchev–Trinajstić information content (AvgIpc) is 2.38. The SMILES string of the molecule is O=C(O)c1cncc(NS(=O)(=O)c2ccccc2Cl)c1. The van der Waals surface area contributed by atoms with Gasteiger partial charge in [-0.15, -0.1) is 0 Å². The zero-order valence-corrected chi connectivity index (χ0v) is 11.5. The molecule has 2 rings (SSSR count). The van der Waals surface area contributed by atoms with Crippen molar-refractivity contribution < 1.29 is 18.3 Å². The van der Waals surface area contributed by atoms with Gasteiger partial charge in [-0.3, -0.25) is 9.71 Å². The minimum Gasteiger partial charge on any atom is -0.478 e. The van der Waals surface area contributed by atoms with Crippen LogP contribution in [0.1, 0.15) is 10.4 Å². The highest BCUT2D eigenvalue weighted by atomic mass is 35.5. The van der Waals surface area contributed by atoms with Crippen LogP contribution in [0.3, 0.4) is 0 Å². The van der Waals surface area contributed by atoms with Crippen molar-refractivity contribution in [3.05, 3.63) is 53.3 Å². The fraction of sp³-hybridized carbons (Fsp3) is 0. The molecule has 0 fully saturated rings. The topological polar surface area (TPSA) is 96.4 Å². The maximum Gasteiger partial charge on any atom is 0.337 e. The Bertz CT molecular complexity index is 762. The fourth-order valence-corrected chi connectivity index (χ4v) is 3.04. The Morgan fingerprint density at radius 3 is 2.60 bits per heavy atom. The van der Waals surface area contributed by atoms with Crippen molar-refractivity contribution in [3.63, 3.8) is 0 Å². The van der Waals surface area contributed by atoms with E-state index in [1.165, 1.54) is 30.5 Å². The third-order valence-electron chi connectivity index (χ3n) is 2.36. The van der Waals surface area contributed by atoms with Crippen LogP contribution in [0.25, 0.3) is 0 Å². The van der Waals surface area contributed by atoms with Gasteiger partial charge in [-0.25, -0.2) is 13.2 Å². The summed E-state index contributed by atoms with van der Waals surface area (Å²) in [5, 5.41) is 8.90. The van der Waals surface area contributed by atoms with E-state index in [1.54, 1.807) is 6.07 Å². The second kappa shape index (κ2) is 5.48. The predicted octanol–water partition coefficient (Wildman–Crippen LogP) is 2.23. The highest BCUT2D eigenvalue weighted by Gasteiger charge is 2.18. The summed E-state index contributed by atoms with van der Waals surface area (Å²) in [4.78, 5) is 14.4. The molecule has 2 N–H and O–H groups in total. The first-order valence-corrected chi connectivity index (χ1v) is 7.22. The number of carbonyl (C=O) groups is 1. The highest BCUT2D eigenvalue weighted by molar-refractivity contribution is 7.92. The third kappa shape index (κ3) is 3.06. The minimum absolute atomic E-state index is 0.0461. The molecular weight excluding hydrogens is 304 g/mol. The summed E-state index contributed by atoms with van der Waals surface area (Å²) < 4.78 is 26.5. The Labute approximate surface area is 120 Å². The molecule has 1 aromatic carbocycles. The second-order valence-electron chi connectivity index (χ2n) is 3.80. The molecular formula is C12H9ClN2O4S. The van der Waals surface area contributed by atoms with E-state index in [2.05, 4.69) is 9.71 Å². The molecule has 0 aliphatic heterocycles. The quantitative estimate of drug-likeness (QED) is 0.902. The van der Waals surface area contributed by atoms with Gasteiger partial charge in [0.2, 0.25) is 0 Å². The zero-order chi connectivity index (χ0) is 14.8. The Morgan fingerprint density at radius 1 is 1.25 bits per heavy atom. The average molecular weight is 313 g/mol. The van der Waals surface area contributed by atoms with Crippen LogP contribution in [-0.2, 0) is 10.0 Å². The third-order valence-corrected chi connectivity index (χ3v) is 4.24. The molecule has 0 unspecified atom stereocenters. The summed E-state index contributed by atoms with van der Waals surface area (Å²) in [6, 6.07) is 7.10. The van der Waals surface area contributed by atoms with Crippen LogP contribution in [0.4, 0.5) is 5.69 Å². The normalized spacial score (nSPS) is 11.1. The van der Waals surface area contributed by atoms with Gasteiger partial charge in [-0.2, -0.15) is 0 Å². The predicted molar refractivity (Wildman–Crippen MR) is 73.5 cm³/mol. The van der Waals surface area contributed by atoms with Crippen LogP contribution < -0.4 is 4.72 Å².